The number of pyridine rings is 2. The number of ketones is 1. The molecule has 0 unspecified atom stereocenters. The molecule has 0 aliphatic rings. The highest BCUT2D eigenvalue weighted by Gasteiger charge is 2.27. The fourth-order valence-corrected chi connectivity index (χ4v) is 4.51. The zero-order valence-electron chi connectivity index (χ0n) is 19.8. The second-order valence-corrected chi connectivity index (χ2v) is 8.57. The molecule has 5 rings (SSSR count). The first-order valence-corrected chi connectivity index (χ1v) is 11.4. The number of hydrogen-bond donors (Lipinski definition) is 1. The lowest BCUT2D eigenvalue weighted by Crippen LogP contribution is -2.27. The van der Waals surface area contributed by atoms with E-state index in [2.05, 4.69) is 6.07 Å². The van der Waals surface area contributed by atoms with Crippen molar-refractivity contribution in [3.05, 3.63) is 112 Å². The average Bonchev–Trinajstić information content (AvgIpc) is 2.89. The molecule has 0 aliphatic heterocycles. The van der Waals surface area contributed by atoms with Crippen LogP contribution in [0.25, 0.3) is 39.1 Å². The summed E-state index contributed by atoms with van der Waals surface area (Å²) < 4.78 is 1.42. The number of rotatable bonds is 4. The van der Waals surface area contributed by atoms with Gasteiger partial charge in [0.05, 0.1) is 28.0 Å². The van der Waals surface area contributed by atoms with E-state index in [1.807, 2.05) is 79.7 Å². The fraction of sp³-hybridized carbons (Fsp3) is 0.0667. The van der Waals surface area contributed by atoms with Crippen molar-refractivity contribution >= 4 is 22.5 Å². The van der Waals surface area contributed by atoms with Gasteiger partial charge in [0.15, 0.2) is 11.4 Å². The molecule has 0 atom stereocenters. The summed E-state index contributed by atoms with van der Waals surface area (Å²) in [7, 11) is 0. The van der Waals surface area contributed by atoms with Crippen molar-refractivity contribution in [1.82, 2.24) is 9.55 Å². The summed E-state index contributed by atoms with van der Waals surface area (Å²) in [5.41, 5.74) is 10.5. The zero-order valence-corrected chi connectivity index (χ0v) is 19.8. The molecule has 174 valence electrons. The predicted octanol–water partition coefficient (Wildman–Crippen LogP) is 5.68. The molecule has 0 fully saturated rings. The molecule has 0 spiro atoms. The van der Waals surface area contributed by atoms with Crippen molar-refractivity contribution in [3.63, 3.8) is 0 Å². The molecule has 5 aromatic rings. The second-order valence-electron chi connectivity index (χ2n) is 8.57. The van der Waals surface area contributed by atoms with E-state index in [9.17, 15) is 14.9 Å². The first-order valence-electron chi connectivity index (χ1n) is 11.4. The van der Waals surface area contributed by atoms with E-state index >= 15 is 0 Å². The number of aryl methyl sites for hydroxylation is 1. The third kappa shape index (κ3) is 3.64. The van der Waals surface area contributed by atoms with Gasteiger partial charge in [0.1, 0.15) is 11.6 Å². The number of nitriles is 1. The largest absolute Gasteiger partial charge is 0.397 e. The molecule has 0 saturated heterocycles. The average molecular weight is 471 g/mol. The van der Waals surface area contributed by atoms with Crippen molar-refractivity contribution in [2.75, 3.05) is 5.73 Å². The Bertz CT molecular complexity index is 1730. The van der Waals surface area contributed by atoms with Gasteiger partial charge in [-0.3, -0.25) is 14.2 Å². The molecule has 2 aromatic heterocycles. The van der Waals surface area contributed by atoms with E-state index in [-0.39, 0.29) is 22.5 Å². The standard InChI is InChI=1S/C30H22N4O2/c1-18-13-15-22(16-14-18)34-29-26(25(20-9-5-3-6-10-20)24(19(2)35)30(34)36)27(32)23(17-31)28(33-29)21-11-7-4-8-12-21/h3-16H,1-2H3,(H2,32,33). The van der Waals surface area contributed by atoms with Gasteiger partial charge in [0.25, 0.3) is 5.56 Å². The fourth-order valence-electron chi connectivity index (χ4n) is 4.51. The van der Waals surface area contributed by atoms with Crippen LogP contribution in [0.1, 0.15) is 28.4 Å². The van der Waals surface area contributed by atoms with Crippen LogP contribution in [0.4, 0.5) is 5.69 Å². The number of carbonyl (C=O) groups is 1. The third-order valence-electron chi connectivity index (χ3n) is 6.21. The van der Waals surface area contributed by atoms with E-state index in [1.54, 1.807) is 12.1 Å². The van der Waals surface area contributed by atoms with Gasteiger partial charge in [-0.25, -0.2) is 4.98 Å². The van der Waals surface area contributed by atoms with Crippen LogP contribution in [0, 0.1) is 18.3 Å². The lowest BCUT2D eigenvalue weighted by Gasteiger charge is -2.20. The number of anilines is 1. The number of nitrogen functional groups attached to an aromatic ring is 1. The quantitative estimate of drug-likeness (QED) is 0.340. The molecule has 0 bridgehead atoms. The normalized spacial score (nSPS) is 10.8. The van der Waals surface area contributed by atoms with Gasteiger partial charge in [0.2, 0.25) is 0 Å². The van der Waals surface area contributed by atoms with Gasteiger partial charge in [-0.2, -0.15) is 5.26 Å². The van der Waals surface area contributed by atoms with Crippen LogP contribution >= 0.6 is 0 Å². The first kappa shape index (κ1) is 22.8. The Morgan fingerprint density at radius 1 is 0.917 bits per heavy atom. The highest BCUT2D eigenvalue weighted by Crippen LogP contribution is 2.39. The van der Waals surface area contributed by atoms with Crippen molar-refractivity contribution in [1.29, 1.82) is 5.26 Å². The van der Waals surface area contributed by atoms with Gasteiger partial charge < -0.3 is 5.73 Å². The first-order chi connectivity index (χ1) is 17.4. The minimum Gasteiger partial charge on any atom is -0.397 e. The van der Waals surface area contributed by atoms with E-state index < -0.39 is 11.3 Å². The Balaban J connectivity index is 2.07. The number of fused-ring (bicyclic) bond motifs is 1. The number of hydrogen-bond acceptors (Lipinski definition) is 5. The molecular formula is C30H22N4O2. The van der Waals surface area contributed by atoms with Crippen molar-refractivity contribution < 1.29 is 4.79 Å². The van der Waals surface area contributed by atoms with Gasteiger partial charge in [-0.15, -0.1) is 0 Å². The molecule has 0 aliphatic carbocycles. The molecule has 2 N–H and O–H groups in total. The smallest absolute Gasteiger partial charge is 0.268 e. The molecule has 6 nitrogen and oxygen atoms in total. The highest BCUT2D eigenvalue weighted by atomic mass is 16.1. The van der Waals surface area contributed by atoms with Crippen molar-refractivity contribution in [2.45, 2.75) is 13.8 Å². The SMILES string of the molecule is CC(=O)c1c(-c2ccccc2)c2c(N)c(C#N)c(-c3ccccc3)nc2n(-c2ccc(C)cc2)c1=O. The molecule has 3 aromatic carbocycles. The summed E-state index contributed by atoms with van der Waals surface area (Å²) in [6.07, 6.45) is 0. The molecule has 0 amide bonds. The Labute approximate surface area is 207 Å². The van der Waals surface area contributed by atoms with Gasteiger partial charge in [-0.1, -0.05) is 78.4 Å². The molecule has 36 heavy (non-hydrogen) atoms. The number of aromatic nitrogens is 2. The lowest BCUT2D eigenvalue weighted by atomic mass is 9.92. The minimum absolute atomic E-state index is 0.000809. The summed E-state index contributed by atoms with van der Waals surface area (Å²) in [5, 5.41) is 10.5. The van der Waals surface area contributed by atoms with Crippen LogP contribution in [0.15, 0.2) is 89.7 Å². The third-order valence-corrected chi connectivity index (χ3v) is 6.21. The van der Waals surface area contributed by atoms with Crippen molar-refractivity contribution in [3.8, 4) is 34.1 Å². The topological polar surface area (TPSA) is 102 Å². The lowest BCUT2D eigenvalue weighted by molar-refractivity contribution is 0.101. The van der Waals surface area contributed by atoms with E-state index in [1.165, 1.54) is 11.5 Å². The van der Waals surface area contributed by atoms with Crippen LogP contribution in [-0.4, -0.2) is 15.3 Å². The summed E-state index contributed by atoms with van der Waals surface area (Å²) in [6, 6.07) is 28.0. The minimum atomic E-state index is -0.492. The Morgan fingerprint density at radius 2 is 1.50 bits per heavy atom. The molecule has 0 radical (unpaired) electrons. The van der Waals surface area contributed by atoms with Crippen LogP contribution in [0.2, 0.25) is 0 Å². The van der Waals surface area contributed by atoms with Crippen molar-refractivity contribution in [2.24, 2.45) is 0 Å². The Morgan fingerprint density at radius 3 is 2.06 bits per heavy atom. The maximum Gasteiger partial charge on any atom is 0.268 e. The van der Waals surface area contributed by atoms with E-state index in [4.69, 9.17) is 10.7 Å². The van der Waals surface area contributed by atoms with Gasteiger partial charge in [-0.05, 0) is 31.5 Å². The number of nitrogens with zero attached hydrogens (tertiary/aromatic N) is 3. The number of Topliss-reactive ketones (excluding diaryl/α,β-unsaturated/α-hetero) is 1. The van der Waals surface area contributed by atoms with Crippen LogP contribution in [-0.2, 0) is 0 Å². The number of carbonyl (C=O) groups excluding carboxylic acids is 1. The van der Waals surface area contributed by atoms with E-state index in [0.29, 0.717) is 33.5 Å². The van der Waals surface area contributed by atoms with Gasteiger partial charge >= 0.3 is 0 Å². The van der Waals surface area contributed by atoms with Crippen LogP contribution in [0.5, 0.6) is 0 Å². The van der Waals surface area contributed by atoms with Crippen LogP contribution in [0.3, 0.4) is 0 Å². The summed E-state index contributed by atoms with van der Waals surface area (Å²) in [6.45, 7) is 3.31. The maximum absolute atomic E-state index is 14.0. The summed E-state index contributed by atoms with van der Waals surface area (Å²) in [4.78, 5) is 31.8. The predicted molar refractivity (Wildman–Crippen MR) is 142 cm³/mol. The number of benzene rings is 3. The monoisotopic (exact) mass is 470 g/mol. The number of nitrogens with two attached hydrogens (primary N) is 1. The highest BCUT2D eigenvalue weighted by molar-refractivity contribution is 6.13. The molecular weight excluding hydrogens is 448 g/mol. The molecule has 6 heteroatoms. The van der Waals surface area contributed by atoms with E-state index in [0.717, 1.165) is 5.56 Å². The maximum atomic E-state index is 14.0. The summed E-state index contributed by atoms with van der Waals surface area (Å²) >= 11 is 0. The summed E-state index contributed by atoms with van der Waals surface area (Å²) in [5.74, 6) is -0.397. The molecule has 0 saturated carbocycles. The van der Waals surface area contributed by atoms with Crippen LogP contribution < -0.4 is 11.3 Å². The Hall–Kier alpha value is -5.02. The zero-order chi connectivity index (χ0) is 25.4. The molecule has 2 heterocycles. The Kier molecular flexibility index (Phi) is 5.67. The second kappa shape index (κ2) is 8.97. The van der Waals surface area contributed by atoms with Gasteiger partial charge in [0, 0.05) is 11.1 Å².